The van der Waals surface area contributed by atoms with Crippen molar-refractivity contribution in [2.24, 2.45) is 0 Å². The minimum absolute atomic E-state index is 0.271. The molecule has 0 atom stereocenters. The molecule has 0 aromatic carbocycles. The first-order chi connectivity index (χ1) is 9.28. The number of carbonyl (C=O) groups is 1. The van der Waals surface area contributed by atoms with Crippen molar-refractivity contribution in [3.05, 3.63) is 47.4 Å². The highest BCUT2D eigenvalue weighted by molar-refractivity contribution is 5.98. The minimum Gasteiger partial charge on any atom is -0.481 e. The molecule has 0 N–H and O–H groups in total. The molecule has 2 aromatic heterocycles. The zero-order valence-corrected chi connectivity index (χ0v) is 10.9. The summed E-state index contributed by atoms with van der Waals surface area (Å²) in [4.78, 5) is 15.9. The first-order valence-electron chi connectivity index (χ1n) is 6.48. The number of hydrogen-bond donors (Lipinski definition) is 0. The monoisotopic (exact) mass is 256 g/mol. The van der Waals surface area contributed by atoms with Gasteiger partial charge in [0.25, 0.3) is 0 Å². The SMILES string of the molecule is COc1cc(Cn2ccc3c2CCCC3=O)ccn1. The molecule has 19 heavy (non-hydrogen) atoms. The van der Waals surface area contributed by atoms with Crippen molar-refractivity contribution < 1.29 is 9.53 Å². The lowest BCUT2D eigenvalue weighted by molar-refractivity contribution is 0.0972. The van der Waals surface area contributed by atoms with Crippen LogP contribution in [0.1, 0.15) is 34.5 Å². The number of carbonyl (C=O) groups excluding carboxylic acids is 1. The molecule has 0 fully saturated rings. The fourth-order valence-corrected chi connectivity index (χ4v) is 2.59. The minimum atomic E-state index is 0.271. The maximum atomic E-state index is 11.8. The third kappa shape index (κ3) is 2.26. The number of aromatic nitrogens is 2. The summed E-state index contributed by atoms with van der Waals surface area (Å²) in [5, 5.41) is 0. The highest BCUT2D eigenvalue weighted by atomic mass is 16.5. The Morgan fingerprint density at radius 1 is 1.37 bits per heavy atom. The van der Waals surface area contributed by atoms with Crippen LogP contribution in [0.5, 0.6) is 5.88 Å². The Morgan fingerprint density at radius 2 is 2.26 bits per heavy atom. The number of pyridine rings is 1. The van der Waals surface area contributed by atoms with Crippen LogP contribution >= 0.6 is 0 Å². The summed E-state index contributed by atoms with van der Waals surface area (Å²) in [5.41, 5.74) is 3.18. The van der Waals surface area contributed by atoms with Gasteiger partial charge in [-0.05, 0) is 30.5 Å². The number of ether oxygens (including phenoxy) is 1. The maximum absolute atomic E-state index is 11.8. The predicted octanol–water partition coefficient (Wildman–Crippen LogP) is 2.46. The van der Waals surface area contributed by atoms with Crippen LogP contribution in [-0.4, -0.2) is 22.4 Å². The molecular weight excluding hydrogens is 240 g/mol. The summed E-state index contributed by atoms with van der Waals surface area (Å²) in [5.74, 6) is 0.891. The largest absolute Gasteiger partial charge is 0.481 e. The lowest BCUT2D eigenvalue weighted by Crippen LogP contribution is -2.13. The quantitative estimate of drug-likeness (QED) is 0.847. The van der Waals surface area contributed by atoms with E-state index in [-0.39, 0.29) is 5.78 Å². The second-order valence-electron chi connectivity index (χ2n) is 4.79. The Morgan fingerprint density at radius 3 is 3.11 bits per heavy atom. The van der Waals surface area contributed by atoms with Crippen LogP contribution in [0.25, 0.3) is 0 Å². The van der Waals surface area contributed by atoms with E-state index in [2.05, 4.69) is 9.55 Å². The van der Waals surface area contributed by atoms with Crippen LogP contribution in [0.3, 0.4) is 0 Å². The highest BCUT2D eigenvalue weighted by Crippen LogP contribution is 2.23. The fourth-order valence-electron chi connectivity index (χ4n) is 2.59. The lowest BCUT2D eigenvalue weighted by Gasteiger charge is -2.15. The van der Waals surface area contributed by atoms with Gasteiger partial charge in [-0.1, -0.05) is 0 Å². The molecule has 0 saturated heterocycles. The smallest absolute Gasteiger partial charge is 0.213 e. The Balaban J connectivity index is 1.89. The Hall–Kier alpha value is -2.10. The van der Waals surface area contributed by atoms with E-state index in [1.54, 1.807) is 13.3 Å². The highest BCUT2D eigenvalue weighted by Gasteiger charge is 2.20. The normalized spacial score (nSPS) is 14.3. The molecule has 1 aliphatic carbocycles. The third-order valence-electron chi connectivity index (χ3n) is 3.56. The second-order valence-corrected chi connectivity index (χ2v) is 4.79. The summed E-state index contributed by atoms with van der Waals surface area (Å²) in [6.07, 6.45) is 6.36. The number of nitrogens with zero attached hydrogens (tertiary/aromatic N) is 2. The zero-order valence-electron chi connectivity index (χ0n) is 10.9. The molecule has 0 radical (unpaired) electrons. The molecule has 0 bridgehead atoms. The third-order valence-corrected chi connectivity index (χ3v) is 3.56. The molecule has 0 saturated carbocycles. The van der Waals surface area contributed by atoms with Crippen LogP contribution in [0.15, 0.2) is 30.6 Å². The van der Waals surface area contributed by atoms with E-state index in [1.165, 1.54) is 0 Å². The van der Waals surface area contributed by atoms with E-state index in [0.29, 0.717) is 12.3 Å². The van der Waals surface area contributed by atoms with Crippen molar-refractivity contribution in [3.63, 3.8) is 0 Å². The lowest BCUT2D eigenvalue weighted by atomic mass is 9.97. The number of Topliss-reactive ketones (excluding diaryl/α,β-unsaturated/α-hetero) is 1. The van der Waals surface area contributed by atoms with Gasteiger partial charge in [-0.3, -0.25) is 4.79 Å². The van der Waals surface area contributed by atoms with Gasteiger partial charge in [0.2, 0.25) is 5.88 Å². The molecule has 0 aliphatic heterocycles. The van der Waals surface area contributed by atoms with E-state index >= 15 is 0 Å². The van der Waals surface area contributed by atoms with Gasteiger partial charge >= 0.3 is 0 Å². The van der Waals surface area contributed by atoms with Crippen molar-refractivity contribution >= 4 is 5.78 Å². The standard InChI is InChI=1S/C15H16N2O2/c1-19-15-9-11(5-7-16-15)10-17-8-6-12-13(17)3-2-4-14(12)18/h5-9H,2-4,10H2,1H3. The molecule has 4 heteroatoms. The van der Waals surface area contributed by atoms with Crippen LogP contribution in [0.2, 0.25) is 0 Å². The predicted molar refractivity (Wildman–Crippen MR) is 71.6 cm³/mol. The Labute approximate surface area is 112 Å². The van der Waals surface area contributed by atoms with Crippen molar-refractivity contribution in [1.82, 2.24) is 9.55 Å². The molecule has 2 aromatic rings. The van der Waals surface area contributed by atoms with Crippen molar-refractivity contribution in [1.29, 1.82) is 0 Å². The molecule has 1 aliphatic rings. The molecule has 3 rings (SSSR count). The molecule has 0 unspecified atom stereocenters. The average Bonchev–Trinajstić information content (AvgIpc) is 2.84. The summed E-state index contributed by atoms with van der Waals surface area (Å²) in [7, 11) is 1.61. The summed E-state index contributed by atoms with van der Waals surface area (Å²) >= 11 is 0. The van der Waals surface area contributed by atoms with E-state index in [9.17, 15) is 4.79 Å². The fraction of sp³-hybridized carbons (Fsp3) is 0.333. The number of methoxy groups -OCH3 is 1. The van der Waals surface area contributed by atoms with Gasteiger partial charge in [0, 0.05) is 42.7 Å². The molecule has 98 valence electrons. The molecular formula is C15H16N2O2. The van der Waals surface area contributed by atoms with E-state index in [0.717, 1.165) is 36.2 Å². The zero-order chi connectivity index (χ0) is 13.2. The Kier molecular flexibility index (Phi) is 3.07. The maximum Gasteiger partial charge on any atom is 0.213 e. The summed E-state index contributed by atoms with van der Waals surface area (Å²) < 4.78 is 7.28. The average molecular weight is 256 g/mol. The number of fused-ring (bicyclic) bond motifs is 1. The van der Waals surface area contributed by atoms with Crippen LogP contribution in [0, 0.1) is 0 Å². The van der Waals surface area contributed by atoms with Gasteiger partial charge in [-0.2, -0.15) is 0 Å². The topological polar surface area (TPSA) is 44.1 Å². The van der Waals surface area contributed by atoms with Gasteiger partial charge in [-0.25, -0.2) is 4.98 Å². The molecule has 4 nitrogen and oxygen atoms in total. The number of rotatable bonds is 3. The van der Waals surface area contributed by atoms with Crippen LogP contribution in [-0.2, 0) is 13.0 Å². The van der Waals surface area contributed by atoms with Gasteiger partial charge in [0.1, 0.15) is 0 Å². The van der Waals surface area contributed by atoms with E-state index in [1.807, 2.05) is 24.4 Å². The van der Waals surface area contributed by atoms with Crippen molar-refractivity contribution in [3.8, 4) is 5.88 Å². The van der Waals surface area contributed by atoms with Crippen LogP contribution < -0.4 is 4.74 Å². The van der Waals surface area contributed by atoms with Crippen LogP contribution in [0.4, 0.5) is 0 Å². The number of ketones is 1. The first kappa shape index (κ1) is 12.0. The molecule has 0 amide bonds. The number of hydrogen-bond acceptors (Lipinski definition) is 3. The van der Waals surface area contributed by atoms with Crippen molar-refractivity contribution in [2.75, 3.05) is 7.11 Å². The van der Waals surface area contributed by atoms with Gasteiger partial charge < -0.3 is 9.30 Å². The molecule has 0 spiro atoms. The van der Waals surface area contributed by atoms with Gasteiger partial charge in [0.05, 0.1) is 7.11 Å². The van der Waals surface area contributed by atoms with Gasteiger partial charge in [-0.15, -0.1) is 0 Å². The van der Waals surface area contributed by atoms with Gasteiger partial charge in [0.15, 0.2) is 5.78 Å². The summed E-state index contributed by atoms with van der Waals surface area (Å²) in [6, 6.07) is 5.84. The summed E-state index contributed by atoms with van der Waals surface area (Å²) in [6.45, 7) is 0.751. The molecule has 2 heterocycles. The second kappa shape index (κ2) is 4.88. The van der Waals surface area contributed by atoms with E-state index in [4.69, 9.17) is 4.74 Å². The first-order valence-corrected chi connectivity index (χ1v) is 6.48. The Bertz CT molecular complexity index is 616. The van der Waals surface area contributed by atoms with Crippen molar-refractivity contribution in [2.45, 2.75) is 25.8 Å². The van der Waals surface area contributed by atoms with E-state index < -0.39 is 0 Å².